The van der Waals surface area contributed by atoms with E-state index in [1.54, 1.807) is 6.07 Å². The van der Waals surface area contributed by atoms with Crippen LogP contribution in [-0.4, -0.2) is 11.7 Å². The molecule has 0 aliphatic rings. The molecule has 1 N–H and O–H groups in total. The van der Waals surface area contributed by atoms with E-state index < -0.39 is 0 Å². The molecule has 0 heterocycles. The van der Waals surface area contributed by atoms with E-state index in [1.165, 1.54) is 12.0 Å². The molecule has 0 atom stereocenters. The highest BCUT2D eigenvalue weighted by Gasteiger charge is 2.02. The Morgan fingerprint density at radius 1 is 1.29 bits per heavy atom. The number of ether oxygens (including phenoxy) is 1. The molecule has 2 heteroatoms. The predicted molar refractivity (Wildman–Crippen MR) is 57.9 cm³/mol. The molecule has 0 saturated carbocycles. The molecule has 0 aromatic heterocycles. The number of phenolic OH excluding ortho intramolecular Hbond substituents is 1. The summed E-state index contributed by atoms with van der Waals surface area (Å²) in [7, 11) is 0. The van der Waals surface area contributed by atoms with Gasteiger partial charge in [-0.15, -0.1) is 0 Å². The fourth-order valence-electron chi connectivity index (χ4n) is 1.38. The third-order valence-corrected chi connectivity index (χ3v) is 2.14. The molecular formula is C12H18O2. The number of benzene rings is 1. The first-order chi connectivity index (χ1) is 6.77. The van der Waals surface area contributed by atoms with E-state index in [-0.39, 0.29) is 5.75 Å². The fraction of sp³-hybridized carbons (Fsp3) is 0.500. The van der Waals surface area contributed by atoms with Crippen LogP contribution in [0.25, 0.3) is 0 Å². The van der Waals surface area contributed by atoms with Gasteiger partial charge < -0.3 is 9.84 Å². The first-order valence-corrected chi connectivity index (χ1v) is 5.22. The van der Waals surface area contributed by atoms with Crippen molar-refractivity contribution in [3.63, 3.8) is 0 Å². The van der Waals surface area contributed by atoms with Gasteiger partial charge in [-0.2, -0.15) is 0 Å². The van der Waals surface area contributed by atoms with Crippen molar-refractivity contribution >= 4 is 0 Å². The normalized spacial score (nSPS) is 10.1. The summed E-state index contributed by atoms with van der Waals surface area (Å²) in [5, 5.41) is 9.60. The average Bonchev–Trinajstić information content (AvgIpc) is 2.19. The third kappa shape index (κ3) is 2.95. The van der Waals surface area contributed by atoms with Crippen molar-refractivity contribution < 1.29 is 9.84 Å². The Labute approximate surface area is 85.5 Å². The summed E-state index contributed by atoms with van der Waals surface area (Å²) < 4.78 is 5.25. The minimum Gasteiger partial charge on any atom is -0.504 e. The van der Waals surface area contributed by atoms with Crippen molar-refractivity contribution in [3.8, 4) is 11.5 Å². The van der Waals surface area contributed by atoms with Gasteiger partial charge in [0.05, 0.1) is 6.61 Å². The minimum atomic E-state index is 0.250. The lowest BCUT2D eigenvalue weighted by Gasteiger charge is -2.07. The van der Waals surface area contributed by atoms with Crippen LogP contribution in [0.4, 0.5) is 0 Å². The van der Waals surface area contributed by atoms with E-state index >= 15 is 0 Å². The highest BCUT2D eigenvalue weighted by molar-refractivity contribution is 5.41. The number of aromatic hydroxyl groups is 1. The number of phenols is 1. The fourth-order valence-corrected chi connectivity index (χ4v) is 1.38. The van der Waals surface area contributed by atoms with Crippen LogP contribution in [-0.2, 0) is 6.42 Å². The van der Waals surface area contributed by atoms with Crippen molar-refractivity contribution in [1.29, 1.82) is 0 Å². The molecule has 1 aromatic carbocycles. The molecule has 78 valence electrons. The molecule has 14 heavy (non-hydrogen) atoms. The lowest BCUT2D eigenvalue weighted by Crippen LogP contribution is -1.92. The average molecular weight is 194 g/mol. The zero-order valence-electron chi connectivity index (χ0n) is 8.92. The quantitative estimate of drug-likeness (QED) is 0.780. The smallest absolute Gasteiger partial charge is 0.160 e. The van der Waals surface area contributed by atoms with Gasteiger partial charge in [0.25, 0.3) is 0 Å². The molecule has 0 radical (unpaired) electrons. The van der Waals surface area contributed by atoms with Gasteiger partial charge in [0.15, 0.2) is 11.5 Å². The Balaban J connectivity index is 2.68. The maximum absolute atomic E-state index is 9.60. The van der Waals surface area contributed by atoms with Crippen molar-refractivity contribution in [2.45, 2.75) is 33.1 Å². The van der Waals surface area contributed by atoms with Gasteiger partial charge in [0.2, 0.25) is 0 Å². The second-order valence-corrected chi connectivity index (χ2v) is 3.34. The van der Waals surface area contributed by atoms with Gasteiger partial charge in [-0.25, -0.2) is 0 Å². The monoisotopic (exact) mass is 194 g/mol. The number of hydrogen-bond acceptors (Lipinski definition) is 2. The van der Waals surface area contributed by atoms with Crippen LogP contribution in [0.15, 0.2) is 18.2 Å². The maximum Gasteiger partial charge on any atom is 0.160 e. The summed E-state index contributed by atoms with van der Waals surface area (Å²) in [6.07, 6.45) is 3.36. The SMILES string of the molecule is CCCCc1ccc(OCC)c(O)c1. The van der Waals surface area contributed by atoms with Crippen LogP contribution >= 0.6 is 0 Å². The van der Waals surface area contributed by atoms with Crippen LogP contribution in [0.2, 0.25) is 0 Å². The molecule has 2 nitrogen and oxygen atoms in total. The van der Waals surface area contributed by atoms with Gasteiger partial charge in [-0.05, 0) is 37.5 Å². The second-order valence-electron chi connectivity index (χ2n) is 3.34. The molecule has 0 amide bonds. The third-order valence-electron chi connectivity index (χ3n) is 2.14. The number of aryl methyl sites for hydroxylation is 1. The molecule has 0 aliphatic heterocycles. The van der Waals surface area contributed by atoms with Crippen LogP contribution in [0.1, 0.15) is 32.3 Å². The highest BCUT2D eigenvalue weighted by atomic mass is 16.5. The molecular weight excluding hydrogens is 176 g/mol. The zero-order chi connectivity index (χ0) is 10.4. The lowest BCUT2D eigenvalue weighted by molar-refractivity contribution is 0.318. The van der Waals surface area contributed by atoms with Crippen molar-refractivity contribution in [1.82, 2.24) is 0 Å². The molecule has 1 rings (SSSR count). The van der Waals surface area contributed by atoms with E-state index in [2.05, 4.69) is 6.92 Å². The van der Waals surface area contributed by atoms with E-state index in [9.17, 15) is 5.11 Å². The Hall–Kier alpha value is -1.18. The van der Waals surface area contributed by atoms with Crippen LogP contribution in [0, 0.1) is 0 Å². The Bertz CT molecular complexity index is 282. The van der Waals surface area contributed by atoms with E-state index in [0.29, 0.717) is 12.4 Å². The summed E-state index contributed by atoms with van der Waals surface area (Å²) in [4.78, 5) is 0. The van der Waals surface area contributed by atoms with Gasteiger partial charge in [-0.1, -0.05) is 19.4 Å². The summed E-state index contributed by atoms with van der Waals surface area (Å²) >= 11 is 0. The molecule has 0 spiro atoms. The van der Waals surface area contributed by atoms with Crippen molar-refractivity contribution in [3.05, 3.63) is 23.8 Å². The van der Waals surface area contributed by atoms with E-state index in [1.807, 2.05) is 19.1 Å². The first-order valence-electron chi connectivity index (χ1n) is 5.22. The zero-order valence-corrected chi connectivity index (χ0v) is 8.92. The Morgan fingerprint density at radius 3 is 2.64 bits per heavy atom. The number of rotatable bonds is 5. The van der Waals surface area contributed by atoms with Crippen LogP contribution < -0.4 is 4.74 Å². The summed E-state index contributed by atoms with van der Waals surface area (Å²) in [6.45, 7) is 4.65. The Kier molecular flexibility index (Phi) is 4.30. The molecule has 0 fully saturated rings. The molecule has 0 aliphatic carbocycles. The molecule has 0 saturated heterocycles. The van der Waals surface area contributed by atoms with Crippen molar-refractivity contribution in [2.75, 3.05) is 6.61 Å². The molecule has 1 aromatic rings. The second kappa shape index (κ2) is 5.53. The minimum absolute atomic E-state index is 0.250. The Morgan fingerprint density at radius 2 is 2.07 bits per heavy atom. The lowest BCUT2D eigenvalue weighted by atomic mass is 10.1. The predicted octanol–water partition coefficient (Wildman–Crippen LogP) is 3.13. The number of hydrogen-bond donors (Lipinski definition) is 1. The van der Waals surface area contributed by atoms with Gasteiger partial charge >= 0.3 is 0 Å². The standard InChI is InChI=1S/C12H18O2/c1-3-5-6-10-7-8-12(14-4-2)11(13)9-10/h7-9,13H,3-6H2,1-2H3. The van der Waals surface area contributed by atoms with Crippen molar-refractivity contribution in [2.24, 2.45) is 0 Å². The topological polar surface area (TPSA) is 29.5 Å². The number of unbranched alkanes of at least 4 members (excludes halogenated alkanes) is 1. The van der Waals surface area contributed by atoms with E-state index in [0.717, 1.165) is 12.8 Å². The first kappa shape index (κ1) is 10.9. The highest BCUT2D eigenvalue weighted by Crippen LogP contribution is 2.27. The summed E-state index contributed by atoms with van der Waals surface area (Å²) in [5.74, 6) is 0.827. The van der Waals surface area contributed by atoms with Gasteiger partial charge in [0, 0.05) is 0 Å². The molecule has 0 bridgehead atoms. The van der Waals surface area contributed by atoms with Crippen LogP contribution in [0.5, 0.6) is 11.5 Å². The van der Waals surface area contributed by atoms with Crippen LogP contribution in [0.3, 0.4) is 0 Å². The van der Waals surface area contributed by atoms with E-state index in [4.69, 9.17) is 4.74 Å². The molecule has 0 unspecified atom stereocenters. The van der Waals surface area contributed by atoms with Gasteiger partial charge in [0.1, 0.15) is 0 Å². The summed E-state index contributed by atoms with van der Waals surface area (Å²) in [5.41, 5.74) is 1.17. The maximum atomic E-state index is 9.60. The largest absolute Gasteiger partial charge is 0.504 e. The van der Waals surface area contributed by atoms with Gasteiger partial charge in [-0.3, -0.25) is 0 Å². The summed E-state index contributed by atoms with van der Waals surface area (Å²) in [6, 6.07) is 5.64.